The molecule has 6 heteroatoms. The lowest BCUT2D eigenvalue weighted by Crippen LogP contribution is -2.33. The van der Waals surface area contributed by atoms with Gasteiger partial charge in [-0.05, 0) is 12.0 Å². The summed E-state index contributed by atoms with van der Waals surface area (Å²) in [6.45, 7) is 0.956. The quantitative estimate of drug-likeness (QED) is 0.669. The molecular formula is C11H20N4O2. The van der Waals surface area contributed by atoms with E-state index in [1.54, 1.807) is 18.0 Å². The number of nitrogens with two attached hydrogens (primary N) is 1. The minimum absolute atomic E-state index is 0.0359. The van der Waals surface area contributed by atoms with Gasteiger partial charge in [-0.1, -0.05) is 0 Å². The fraction of sp³-hybridized carbons (Fsp3) is 0.636. The molecular weight excluding hydrogens is 220 g/mol. The second kappa shape index (κ2) is 7.03. The summed E-state index contributed by atoms with van der Waals surface area (Å²) in [5.41, 5.74) is 6.54. The number of amides is 1. The monoisotopic (exact) mass is 240 g/mol. The summed E-state index contributed by atoms with van der Waals surface area (Å²) in [5.74, 6) is -0.0359. The maximum atomic E-state index is 11.5. The van der Waals surface area contributed by atoms with Gasteiger partial charge in [0.25, 0.3) is 0 Å². The van der Waals surface area contributed by atoms with Gasteiger partial charge >= 0.3 is 0 Å². The van der Waals surface area contributed by atoms with Crippen molar-refractivity contribution in [2.24, 2.45) is 12.8 Å². The van der Waals surface area contributed by atoms with Gasteiger partial charge in [0.05, 0.1) is 18.7 Å². The SMILES string of the molecule is COC(CN)CC(=O)NCCc1cnn(C)c1. The first-order valence-electron chi connectivity index (χ1n) is 5.62. The largest absolute Gasteiger partial charge is 0.380 e. The molecule has 0 spiro atoms. The highest BCUT2D eigenvalue weighted by Crippen LogP contribution is 1.97. The maximum Gasteiger partial charge on any atom is 0.222 e. The van der Waals surface area contributed by atoms with Crippen LogP contribution in [-0.4, -0.2) is 42.0 Å². The Morgan fingerprint density at radius 2 is 2.47 bits per heavy atom. The summed E-state index contributed by atoms with van der Waals surface area (Å²) >= 11 is 0. The normalized spacial score (nSPS) is 12.4. The third-order valence-corrected chi connectivity index (χ3v) is 2.50. The van der Waals surface area contributed by atoms with Crippen molar-refractivity contribution in [1.29, 1.82) is 0 Å². The Morgan fingerprint density at radius 3 is 3.00 bits per heavy atom. The molecule has 0 aliphatic rings. The van der Waals surface area contributed by atoms with Gasteiger partial charge in [-0.25, -0.2) is 0 Å². The van der Waals surface area contributed by atoms with Gasteiger partial charge < -0.3 is 15.8 Å². The average Bonchev–Trinajstić information content (AvgIpc) is 2.72. The van der Waals surface area contributed by atoms with Crippen LogP contribution in [0.5, 0.6) is 0 Å². The Morgan fingerprint density at radius 1 is 1.71 bits per heavy atom. The zero-order valence-corrected chi connectivity index (χ0v) is 10.3. The molecule has 0 saturated heterocycles. The first-order valence-corrected chi connectivity index (χ1v) is 5.62. The highest BCUT2D eigenvalue weighted by molar-refractivity contribution is 5.76. The minimum Gasteiger partial charge on any atom is -0.380 e. The van der Waals surface area contributed by atoms with Gasteiger partial charge in [0, 0.05) is 33.4 Å². The van der Waals surface area contributed by atoms with Crippen LogP contribution < -0.4 is 11.1 Å². The number of hydrogen-bond acceptors (Lipinski definition) is 4. The number of ether oxygens (including phenoxy) is 1. The number of carbonyl (C=O) groups excluding carboxylic acids is 1. The third-order valence-electron chi connectivity index (χ3n) is 2.50. The number of methoxy groups -OCH3 is 1. The van der Waals surface area contributed by atoms with Gasteiger partial charge in [0.2, 0.25) is 5.91 Å². The van der Waals surface area contributed by atoms with Crippen molar-refractivity contribution in [1.82, 2.24) is 15.1 Å². The van der Waals surface area contributed by atoms with Crippen LogP contribution in [0.15, 0.2) is 12.4 Å². The van der Waals surface area contributed by atoms with Crippen LogP contribution in [0.1, 0.15) is 12.0 Å². The number of hydrogen-bond donors (Lipinski definition) is 2. The van der Waals surface area contributed by atoms with E-state index in [2.05, 4.69) is 10.4 Å². The molecule has 1 amide bonds. The summed E-state index contributed by atoms with van der Waals surface area (Å²) < 4.78 is 6.78. The zero-order valence-electron chi connectivity index (χ0n) is 10.3. The van der Waals surface area contributed by atoms with Crippen LogP contribution in [0.4, 0.5) is 0 Å². The Balaban J connectivity index is 2.20. The van der Waals surface area contributed by atoms with Crippen molar-refractivity contribution in [2.75, 3.05) is 20.2 Å². The van der Waals surface area contributed by atoms with Crippen LogP contribution in [-0.2, 0) is 23.0 Å². The summed E-state index contributed by atoms with van der Waals surface area (Å²) in [6, 6.07) is 0. The Kier molecular flexibility index (Phi) is 5.65. The van der Waals surface area contributed by atoms with E-state index in [1.165, 1.54) is 0 Å². The van der Waals surface area contributed by atoms with E-state index < -0.39 is 0 Å². The fourth-order valence-electron chi connectivity index (χ4n) is 1.49. The predicted molar refractivity (Wildman–Crippen MR) is 64.4 cm³/mol. The smallest absolute Gasteiger partial charge is 0.222 e. The molecule has 0 bridgehead atoms. The molecule has 0 aromatic carbocycles. The standard InChI is InChI=1S/C11H20N4O2/c1-15-8-9(7-14-15)3-4-13-11(16)5-10(6-12)17-2/h7-8,10H,3-6,12H2,1-2H3,(H,13,16). The molecule has 0 radical (unpaired) electrons. The number of carbonyl (C=O) groups is 1. The van der Waals surface area contributed by atoms with Crippen LogP contribution in [0.2, 0.25) is 0 Å². The first-order chi connectivity index (χ1) is 8.15. The van der Waals surface area contributed by atoms with Crippen molar-refractivity contribution in [3.8, 4) is 0 Å². The van der Waals surface area contributed by atoms with Crippen LogP contribution >= 0.6 is 0 Å². The van der Waals surface area contributed by atoms with E-state index in [1.807, 2.05) is 13.2 Å². The number of aromatic nitrogens is 2. The van der Waals surface area contributed by atoms with Gasteiger partial charge in [-0.2, -0.15) is 5.10 Å². The summed E-state index contributed by atoms with van der Waals surface area (Å²) in [4.78, 5) is 11.5. The van der Waals surface area contributed by atoms with Crippen molar-refractivity contribution >= 4 is 5.91 Å². The van der Waals surface area contributed by atoms with E-state index in [4.69, 9.17) is 10.5 Å². The van der Waals surface area contributed by atoms with Gasteiger partial charge in [0.15, 0.2) is 0 Å². The van der Waals surface area contributed by atoms with Crippen molar-refractivity contribution in [3.05, 3.63) is 18.0 Å². The molecule has 0 saturated carbocycles. The van der Waals surface area contributed by atoms with E-state index in [0.717, 1.165) is 12.0 Å². The Labute approximate surface area is 101 Å². The van der Waals surface area contributed by atoms with Crippen LogP contribution in [0.25, 0.3) is 0 Å². The molecule has 17 heavy (non-hydrogen) atoms. The number of nitrogens with one attached hydrogen (secondary N) is 1. The van der Waals surface area contributed by atoms with E-state index in [0.29, 0.717) is 19.5 Å². The molecule has 1 aromatic rings. The highest BCUT2D eigenvalue weighted by atomic mass is 16.5. The summed E-state index contributed by atoms with van der Waals surface area (Å²) in [5, 5.41) is 6.88. The number of rotatable bonds is 7. The molecule has 96 valence electrons. The fourth-order valence-corrected chi connectivity index (χ4v) is 1.49. The van der Waals surface area contributed by atoms with Crippen molar-refractivity contribution < 1.29 is 9.53 Å². The molecule has 1 heterocycles. The zero-order chi connectivity index (χ0) is 12.7. The summed E-state index contributed by atoms with van der Waals surface area (Å²) in [7, 11) is 3.42. The molecule has 1 unspecified atom stereocenters. The van der Waals surface area contributed by atoms with Gasteiger partial charge in [0.1, 0.15) is 0 Å². The van der Waals surface area contributed by atoms with E-state index in [9.17, 15) is 4.79 Å². The molecule has 0 aliphatic heterocycles. The predicted octanol–water partition coefficient (Wildman–Crippen LogP) is -0.557. The second-order valence-corrected chi connectivity index (χ2v) is 3.92. The first kappa shape index (κ1) is 13.7. The van der Waals surface area contributed by atoms with Crippen LogP contribution in [0, 0.1) is 0 Å². The maximum absolute atomic E-state index is 11.5. The van der Waals surface area contributed by atoms with Gasteiger partial charge in [-0.15, -0.1) is 0 Å². The Hall–Kier alpha value is -1.40. The molecule has 0 aliphatic carbocycles. The second-order valence-electron chi connectivity index (χ2n) is 3.92. The molecule has 3 N–H and O–H groups in total. The van der Waals surface area contributed by atoms with Crippen molar-refractivity contribution in [3.63, 3.8) is 0 Å². The van der Waals surface area contributed by atoms with E-state index in [-0.39, 0.29) is 12.0 Å². The number of nitrogens with zero attached hydrogens (tertiary/aromatic N) is 2. The topological polar surface area (TPSA) is 82.2 Å². The Bertz CT molecular complexity index is 347. The lowest BCUT2D eigenvalue weighted by atomic mass is 10.2. The lowest BCUT2D eigenvalue weighted by Gasteiger charge is -2.12. The molecule has 1 aromatic heterocycles. The number of aryl methyl sites for hydroxylation is 1. The molecule has 1 rings (SSSR count). The van der Waals surface area contributed by atoms with Gasteiger partial charge in [-0.3, -0.25) is 9.48 Å². The highest BCUT2D eigenvalue weighted by Gasteiger charge is 2.10. The molecule has 6 nitrogen and oxygen atoms in total. The average molecular weight is 240 g/mol. The molecule has 0 fully saturated rings. The van der Waals surface area contributed by atoms with E-state index >= 15 is 0 Å². The molecule has 1 atom stereocenters. The minimum atomic E-state index is -0.201. The van der Waals surface area contributed by atoms with Crippen molar-refractivity contribution in [2.45, 2.75) is 18.9 Å². The summed E-state index contributed by atoms with van der Waals surface area (Å²) in [6.07, 6.45) is 4.61. The lowest BCUT2D eigenvalue weighted by molar-refractivity contribution is -0.123. The third kappa shape index (κ3) is 4.97. The van der Waals surface area contributed by atoms with Crippen LogP contribution in [0.3, 0.4) is 0 Å².